The third kappa shape index (κ3) is 1.97. The summed E-state index contributed by atoms with van der Waals surface area (Å²) in [5.74, 6) is 0.951. The van der Waals surface area contributed by atoms with Crippen LogP contribution in [0.2, 0.25) is 5.02 Å². The van der Waals surface area contributed by atoms with Crippen molar-refractivity contribution in [2.24, 2.45) is 0 Å². The van der Waals surface area contributed by atoms with Crippen molar-refractivity contribution in [3.63, 3.8) is 0 Å². The number of hydrogen-bond acceptors (Lipinski definition) is 1. The summed E-state index contributed by atoms with van der Waals surface area (Å²) in [6, 6.07) is 5.83. The SMILES string of the molecule is Cc1cc(OC2CCC2)ccc1Cl. The molecule has 1 aromatic carbocycles. The summed E-state index contributed by atoms with van der Waals surface area (Å²) in [5.41, 5.74) is 1.08. The van der Waals surface area contributed by atoms with Crippen LogP contribution in [0.3, 0.4) is 0 Å². The van der Waals surface area contributed by atoms with Crippen molar-refractivity contribution in [1.29, 1.82) is 0 Å². The Morgan fingerprint density at radius 2 is 2.15 bits per heavy atom. The summed E-state index contributed by atoms with van der Waals surface area (Å²) in [6.07, 6.45) is 4.14. The highest BCUT2D eigenvalue weighted by Crippen LogP contribution is 2.27. The summed E-state index contributed by atoms with van der Waals surface area (Å²) >= 11 is 5.91. The van der Waals surface area contributed by atoms with Crippen LogP contribution in [-0.4, -0.2) is 6.10 Å². The number of rotatable bonds is 2. The van der Waals surface area contributed by atoms with Gasteiger partial charge in [-0.05, 0) is 49.9 Å². The number of hydrogen-bond donors (Lipinski definition) is 0. The zero-order valence-corrected chi connectivity index (χ0v) is 8.47. The second-order valence-corrected chi connectivity index (χ2v) is 3.99. The van der Waals surface area contributed by atoms with E-state index in [1.54, 1.807) is 0 Å². The molecule has 1 aliphatic rings. The number of aryl methyl sites for hydroxylation is 1. The van der Waals surface area contributed by atoms with Crippen molar-refractivity contribution < 1.29 is 4.74 Å². The zero-order chi connectivity index (χ0) is 9.26. The Hall–Kier alpha value is -0.690. The first kappa shape index (κ1) is 8.89. The lowest BCUT2D eigenvalue weighted by atomic mass is 9.96. The van der Waals surface area contributed by atoms with E-state index < -0.39 is 0 Å². The first-order chi connectivity index (χ1) is 6.25. The first-order valence-corrected chi connectivity index (χ1v) is 5.06. The van der Waals surface area contributed by atoms with Gasteiger partial charge < -0.3 is 4.74 Å². The molecule has 0 spiro atoms. The maximum atomic E-state index is 5.91. The van der Waals surface area contributed by atoms with Gasteiger partial charge >= 0.3 is 0 Å². The lowest BCUT2D eigenvalue weighted by Gasteiger charge is -2.26. The molecular weight excluding hydrogens is 184 g/mol. The molecule has 1 aromatic rings. The molecule has 0 radical (unpaired) electrons. The molecule has 70 valence electrons. The molecule has 1 aliphatic carbocycles. The van der Waals surface area contributed by atoms with Gasteiger partial charge in [-0.2, -0.15) is 0 Å². The molecule has 0 heterocycles. The first-order valence-electron chi connectivity index (χ1n) is 4.68. The lowest BCUT2D eigenvalue weighted by Crippen LogP contribution is -2.24. The Bertz CT molecular complexity index is 305. The molecule has 0 amide bonds. The fraction of sp³-hybridized carbons (Fsp3) is 0.455. The molecule has 2 rings (SSSR count). The Balaban J connectivity index is 2.07. The van der Waals surface area contributed by atoms with Crippen molar-refractivity contribution in [1.82, 2.24) is 0 Å². The summed E-state index contributed by atoms with van der Waals surface area (Å²) in [5, 5.41) is 0.806. The lowest BCUT2D eigenvalue weighted by molar-refractivity contribution is 0.120. The van der Waals surface area contributed by atoms with Crippen LogP contribution < -0.4 is 4.74 Å². The van der Waals surface area contributed by atoms with E-state index in [1.165, 1.54) is 19.3 Å². The number of halogens is 1. The van der Waals surface area contributed by atoms with Crippen LogP contribution in [0.1, 0.15) is 24.8 Å². The van der Waals surface area contributed by atoms with E-state index in [1.807, 2.05) is 25.1 Å². The third-order valence-electron chi connectivity index (χ3n) is 2.48. The van der Waals surface area contributed by atoms with Gasteiger partial charge in [0.05, 0.1) is 6.10 Å². The smallest absolute Gasteiger partial charge is 0.120 e. The van der Waals surface area contributed by atoms with Crippen LogP contribution in [0, 0.1) is 6.92 Å². The zero-order valence-electron chi connectivity index (χ0n) is 7.72. The monoisotopic (exact) mass is 196 g/mol. The maximum absolute atomic E-state index is 5.91. The van der Waals surface area contributed by atoms with Gasteiger partial charge in [-0.3, -0.25) is 0 Å². The van der Waals surface area contributed by atoms with Gasteiger partial charge in [-0.25, -0.2) is 0 Å². The highest BCUT2D eigenvalue weighted by atomic mass is 35.5. The standard InChI is InChI=1S/C11H13ClO/c1-8-7-10(5-6-11(8)12)13-9-3-2-4-9/h5-7,9H,2-4H2,1H3. The Labute approximate surface area is 83.7 Å². The van der Waals surface area contributed by atoms with Crippen molar-refractivity contribution >= 4 is 11.6 Å². The summed E-state index contributed by atoms with van der Waals surface area (Å²) < 4.78 is 5.73. The van der Waals surface area contributed by atoms with Crippen molar-refractivity contribution in [2.45, 2.75) is 32.3 Å². The van der Waals surface area contributed by atoms with Crippen molar-refractivity contribution in [3.05, 3.63) is 28.8 Å². The minimum absolute atomic E-state index is 0.445. The van der Waals surface area contributed by atoms with Gasteiger partial charge in [0, 0.05) is 5.02 Å². The molecule has 0 aliphatic heterocycles. The minimum Gasteiger partial charge on any atom is -0.490 e. The summed E-state index contributed by atoms with van der Waals surface area (Å²) in [7, 11) is 0. The Morgan fingerprint density at radius 1 is 1.38 bits per heavy atom. The largest absolute Gasteiger partial charge is 0.490 e. The molecule has 1 fully saturated rings. The molecule has 0 N–H and O–H groups in total. The molecule has 0 saturated heterocycles. The van der Waals surface area contributed by atoms with Crippen molar-refractivity contribution in [2.75, 3.05) is 0 Å². The van der Waals surface area contributed by atoms with E-state index in [0.717, 1.165) is 16.3 Å². The van der Waals surface area contributed by atoms with Crippen LogP contribution in [0.25, 0.3) is 0 Å². The van der Waals surface area contributed by atoms with E-state index >= 15 is 0 Å². The summed E-state index contributed by atoms with van der Waals surface area (Å²) in [6.45, 7) is 2.00. The second kappa shape index (κ2) is 3.59. The van der Waals surface area contributed by atoms with E-state index in [4.69, 9.17) is 16.3 Å². The van der Waals surface area contributed by atoms with E-state index in [0.29, 0.717) is 6.10 Å². The topological polar surface area (TPSA) is 9.23 Å². The van der Waals surface area contributed by atoms with Gasteiger partial charge in [0.25, 0.3) is 0 Å². The van der Waals surface area contributed by atoms with Gasteiger partial charge in [0.2, 0.25) is 0 Å². The molecule has 0 atom stereocenters. The highest BCUT2D eigenvalue weighted by molar-refractivity contribution is 6.31. The Morgan fingerprint density at radius 3 is 2.69 bits per heavy atom. The third-order valence-corrected chi connectivity index (χ3v) is 2.91. The van der Waals surface area contributed by atoms with Gasteiger partial charge in [-0.1, -0.05) is 11.6 Å². The average molecular weight is 197 g/mol. The molecule has 1 saturated carbocycles. The summed E-state index contributed by atoms with van der Waals surface area (Å²) in [4.78, 5) is 0. The highest BCUT2D eigenvalue weighted by Gasteiger charge is 2.18. The predicted molar refractivity (Wildman–Crippen MR) is 54.5 cm³/mol. The molecule has 0 unspecified atom stereocenters. The molecule has 13 heavy (non-hydrogen) atoms. The van der Waals surface area contributed by atoms with Crippen LogP contribution in [0.5, 0.6) is 5.75 Å². The maximum Gasteiger partial charge on any atom is 0.120 e. The number of ether oxygens (including phenoxy) is 1. The van der Waals surface area contributed by atoms with E-state index in [-0.39, 0.29) is 0 Å². The fourth-order valence-electron chi connectivity index (χ4n) is 1.37. The van der Waals surface area contributed by atoms with Crippen LogP contribution in [0.4, 0.5) is 0 Å². The Kier molecular flexibility index (Phi) is 2.45. The van der Waals surface area contributed by atoms with Gasteiger partial charge in [0.15, 0.2) is 0 Å². The fourth-order valence-corrected chi connectivity index (χ4v) is 1.49. The van der Waals surface area contributed by atoms with Crippen LogP contribution in [-0.2, 0) is 0 Å². The quantitative estimate of drug-likeness (QED) is 0.703. The molecule has 0 bridgehead atoms. The van der Waals surface area contributed by atoms with E-state index in [2.05, 4.69) is 0 Å². The minimum atomic E-state index is 0.445. The van der Waals surface area contributed by atoms with Crippen LogP contribution in [0.15, 0.2) is 18.2 Å². The van der Waals surface area contributed by atoms with Gasteiger partial charge in [-0.15, -0.1) is 0 Å². The molecule has 0 aromatic heterocycles. The normalized spacial score (nSPS) is 16.8. The van der Waals surface area contributed by atoms with E-state index in [9.17, 15) is 0 Å². The van der Waals surface area contributed by atoms with Gasteiger partial charge in [0.1, 0.15) is 5.75 Å². The molecule has 1 nitrogen and oxygen atoms in total. The van der Waals surface area contributed by atoms with Crippen LogP contribution >= 0.6 is 11.6 Å². The molecular formula is C11H13ClO. The second-order valence-electron chi connectivity index (χ2n) is 3.58. The molecule has 2 heteroatoms. The number of benzene rings is 1. The average Bonchev–Trinajstić information content (AvgIpc) is 2.04. The predicted octanol–water partition coefficient (Wildman–Crippen LogP) is 3.58. The van der Waals surface area contributed by atoms with Crippen molar-refractivity contribution in [3.8, 4) is 5.75 Å².